The van der Waals surface area contributed by atoms with E-state index in [-0.39, 0.29) is 28.8 Å². The lowest BCUT2D eigenvalue weighted by Crippen LogP contribution is -2.62. The van der Waals surface area contributed by atoms with Crippen molar-refractivity contribution in [3.63, 3.8) is 0 Å². The zero-order chi connectivity index (χ0) is 14.3. The number of thioether (sulfide) groups is 1. The predicted octanol–water partition coefficient (Wildman–Crippen LogP) is 1.86. The third kappa shape index (κ3) is 2.29. The van der Waals surface area contributed by atoms with Crippen LogP contribution < -0.4 is 0 Å². The van der Waals surface area contributed by atoms with Crippen LogP contribution in [0.4, 0.5) is 4.79 Å². The molecule has 5 nitrogen and oxygen atoms in total. The van der Waals surface area contributed by atoms with E-state index in [1.54, 1.807) is 29.2 Å². The van der Waals surface area contributed by atoms with Gasteiger partial charge in [0, 0.05) is 23.7 Å². The van der Waals surface area contributed by atoms with Gasteiger partial charge in [0.2, 0.25) is 5.91 Å². The molecule has 104 valence electrons. The van der Waals surface area contributed by atoms with E-state index in [1.165, 1.54) is 4.90 Å². The van der Waals surface area contributed by atoms with Crippen LogP contribution in [0.25, 0.3) is 0 Å². The first kappa shape index (κ1) is 13.5. The van der Waals surface area contributed by atoms with Crippen molar-refractivity contribution in [3.05, 3.63) is 34.9 Å². The summed E-state index contributed by atoms with van der Waals surface area (Å²) in [6.45, 7) is 0.805. The van der Waals surface area contributed by atoms with Gasteiger partial charge in [-0.3, -0.25) is 19.3 Å². The van der Waals surface area contributed by atoms with Crippen molar-refractivity contribution in [1.29, 1.82) is 0 Å². The number of rotatable bonds is 2. The molecule has 0 bridgehead atoms. The lowest BCUT2D eigenvalue weighted by Gasteiger charge is -2.42. The fourth-order valence-electron chi connectivity index (χ4n) is 2.28. The number of likely N-dealkylation sites (tertiary alicyclic amines) is 1. The Balaban J connectivity index is 1.63. The van der Waals surface area contributed by atoms with E-state index in [0.717, 1.165) is 11.8 Å². The summed E-state index contributed by atoms with van der Waals surface area (Å²) in [7, 11) is 0. The van der Waals surface area contributed by atoms with Crippen molar-refractivity contribution in [2.75, 3.05) is 18.8 Å². The minimum Gasteiger partial charge on any atom is -0.334 e. The Labute approximate surface area is 124 Å². The van der Waals surface area contributed by atoms with Crippen molar-refractivity contribution in [3.8, 4) is 0 Å². The number of carbonyl (C=O) groups is 3. The molecule has 2 aliphatic heterocycles. The monoisotopic (exact) mass is 310 g/mol. The van der Waals surface area contributed by atoms with E-state index < -0.39 is 0 Å². The lowest BCUT2D eigenvalue weighted by molar-refractivity contribution is -0.128. The van der Waals surface area contributed by atoms with E-state index >= 15 is 0 Å². The quantitative estimate of drug-likeness (QED) is 0.836. The average molecular weight is 311 g/mol. The van der Waals surface area contributed by atoms with Gasteiger partial charge in [-0.1, -0.05) is 23.4 Å². The molecule has 1 aromatic carbocycles. The number of imide groups is 1. The molecule has 0 spiro atoms. The highest BCUT2D eigenvalue weighted by molar-refractivity contribution is 8.14. The van der Waals surface area contributed by atoms with Gasteiger partial charge in [0.25, 0.3) is 11.1 Å². The number of nitrogens with zero attached hydrogens (tertiary/aromatic N) is 2. The normalized spacial score (nSPS) is 19.4. The van der Waals surface area contributed by atoms with Crippen LogP contribution in [-0.2, 0) is 4.79 Å². The Morgan fingerprint density at radius 3 is 2.40 bits per heavy atom. The van der Waals surface area contributed by atoms with Crippen molar-refractivity contribution >= 4 is 40.4 Å². The molecule has 0 aromatic heterocycles. The summed E-state index contributed by atoms with van der Waals surface area (Å²) in [6, 6.07) is 6.48. The van der Waals surface area contributed by atoms with Crippen LogP contribution in [0.1, 0.15) is 10.4 Å². The first-order chi connectivity index (χ1) is 9.56. The van der Waals surface area contributed by atoms with Gasteiger partial charge in [-0.25, -0.2) is 0 Å². The van der Waals surface area contributed by atoms with E-state index in [0.29, 0.717) is 23.7 Å². The number of carbonyl (C=O) groups excluding carboxylic acids is 3. The number of hydrogen-bond acceptors (Lipinski definition) is 4. The summed E-state index contributed by atoms with van der Waals surface area (Å²) in [5.74, 6) is -0.0613. The van der Waals surface area contributed by atoms with Gasteiger partial charge in [0.1, 0.15) is 0 Å². The Morgan fingerprint density at radius 2 is 1.85 bits per heavy atom. The second-order valence-electron chi connectivity index (χ2n) is 4.69. The van der Waals surface area contributed by atoms with Gasteiger partial charge in [-0.15, -0.1) is 0 Å². The minimum atomic E-state index is -0.210. The summed E-state index contributed by atoms with van der Waals surface area (Å²) in [5.41, 5.74) is 0.557. The maximum absolute atomic E-state index is 12.2. The third-order valence-corrected chi connectivity index (χ3v) is 4.48. The van der Waals surface area contributed by atoms with Crippen LogP contribution in [0.3, 0.4) is 0 Å². The maximum Gasteiger partial charge on any atom is 0.289 e. The molecular weight excluding hydrogens is 300 g/mol. The predicted molar refractivity (Wildman–Crippen MR) is 75.8 cm³/mol. The van der Waals surface area contributed by atoms with Gasteiger partial charge in [0.15, 0.2) is 0 Å². The zero-order valence-corrected chi connectivity index (χ0v) is 12.0. The van der Waals surface area contributed by atoms with E-state index in [4.69, 9.17) is 11.6 Å². The Kier molecular flexibility index (Phi) is 3.43. The second-order valence-corrected chi connectivity index (χ2v) is 6.05. The van der Waals surface area contributed by atoms with Crippen LogP contribution in [0.15, 0.2) is 24.3 Å². The standard InChI is InChI=1S/C13H11ClN2O3S/c14-9-3-1-8(2-4-9)12(18)15-5-10(6-15)16-11(17)7-20-13(16)19/h1-4,10H,5-7H2. The third-order valence-electron chi connectivity index (χ3n) is 3.39. The topological polar surface area (TPSA) is 57.7 Å². The van der Waals surface area contributed by atoms with Gasteiger partial charge in [0.05, 0.1) is 11.8 Å². The van der Waals surface area contributed by atoms with Crippen molar-refractivity contribution in [1.82, 2.24) is 9.80 Å². The summed E-state index contributed by atoms with van der Waals surface area (Å²) >= 11 is 6.79. The molecule has 0 unspecified atom stereocenters. The smallest absolute Gasteiger partial charge is 0.289 e. The maximum atomic E-state index is 12.2. The minimum absolute atomic E-state index is 0.107. The molecule has 0 atom stereocenters. The number of amides is 3. The van der Waals surface area contributed by atoms with Crippen molar-refractivity contribution in [2.45, 2.75) is 6.04 Å². The summed E-state index contributed by atoms with van der Waals surface area (Å²) in [6.07, 6.45) is 0. The molecule has 2 aliphatic rings. The first-order valence-corrected chi connectivity index (χ1v) is 7.46. The lowest BCUT2D eigenvalue weighted by atomic mass is 10.1. The molecule has 2 fully saturated rings. The molecule has 2 heterocycles. The van der Waals surface area contributed by atoms with Crippen LogP contribution >= 0.6 is 23.4 Å². The largest absolute Gasteiger partial charge is 0.334 e. The highest BCUT2D eigenvalue weighted by atomic mass is 35.5. The molecule has 20 heavy (non-hydrogen) atoms. The van der Waals surface area contributed by atoms with Crippen molar-refractivity contribution < 1.29 is 14.4 Å². The number of hydrogen-bond donors (Lipinski definition) is 0. The van der Waals surface area contributed by atoms with Crippen molar-refractivity contribution in [2.24, 2.45) is 0 Å². The highest BCUT2D eigenvalue weighted by Gasteiger charge is 2.43. The summed E-state index contributed by atoms with van der Waals surface area (Å²) in [5, 5.41) is 0.368. The first-order valence-electron chi connectivity index (χ1n) is 6.10. The number of halogens is 1. The van der Waals surface area contributed by atoms with Crippen LogP contribution in [0.5, 0.6) is 0 Å². The van der Waals surface area contributed by atoms with Gasteiger partial charge < -0.3 is 4.90 Å². The van der Waals surface area contributed by atoms with Crippen LogP contribution in [0, 0.1) is 0 Å². The Morgan fingerprint density at radius 1 is 1.20 bits per heavy atom. The molecule has 3 amide bonds. The number of benzene rings is 1. The molecular formula is C13H11ClN2O3S. The van der Waals surface area contributed by atoms with E-state index in [1.807, 2.05) is 0 Å². The molecule has 0 N–H and O–H groups in total. The van der Waals surface area contributed by atoms with E-state index in [2.05, 4.69) is 0 Å². The highest BCUT2D eigenvalue weighted by Crippen LogP contribution is 2.27. The SMILES string of the molecule is O=C(c1ccc(Cl)cc1)N1CC(N2C(=O)CSC2=O)C1. The average Bonchev–Trinajstić information content (AvgIpc) is 2.70. The van der Waals surface area contributed by atoms with E-state index in [9.17, 15) is 14.4 Å². The van der Waals surface area contributed by atoms with Gasteiger partial charge >= 0.3 is 0 Å². The zero-order valence-electron chi connectivity index (χ0n) is 10.4. The van der Waals surface area contributed by atoms with Crippen LogP contribution in [0.2, 0.25) is 5.02 Å². The molecule has 2 saturated heterocycles. The Bertz CT molecular complexity index is 568. The Hall–Kier alpha value is -1.53. The molecule has 1 aromatic rings. The van der Waals surface area contributed by atoms with Gasteiger partial charge in [-0.2, -0.15) is 0 Å². The summed E-state index contributed by atoms with van der Waals surface area (Å²) < 4.78 is 0. The molecule has 7 heteroatoms. The molecule has 0 saturated carbocycles. The molecule has 0 aliphatic carbocycles. The second kappa shape index (κ2) is 5.10. The fraction of sp³-hybridized carbons (Fsp3) is 0.308. The molecule has 3 rings (SSSR count). The fourth-order valence-corrected chi connectivity index (χ4v) is 3.18. The molecule has 0 radical (unpaired) electrons. The van der Waals surface area contributed by atoms with Crippen LogP contribution in [-0.4, -0.2) is 51.7 Å². The summed E-state index contributed by atoms with van der Waals surface area (Å²) in [4.78, 5) is 38.2. The van der Waals surface area contributed by atoms with Gasteiger partial charge in [-0.05, 0) is 24.3 Å².